The van der Waals surface area contributed by atoms with Crippen LogP contribution >= 0.6 is 7.60 Å². The second-order valence-electron chi connectivity index (χ2n) is 5.15. The molecule has 2 aromatic rings. The molecule has 2 N–H and O–H groups in total. The largest absolute Gasteiger partial charge is 0.386 e. The van der Waals surface area contributed by atoms with Gasteiger partial charge in [0.2, 0.25) is 5.34 Å². The van der Waals surface area contributed by atoms with E-state index < -0.39 is 25.1 Å². The first-order valence-corrected chi connectivity index (χ1v) is 8.42. The van der Waals surface area contributed by atoms with E-state index in [4.69, 9.17) is 9.05 Å². The van der Waals surface area contributed by atoms with Crippen molar-refractivity contribution in [1.29, 1.82) is 0 Å². The summed E-state index contributed by atoms with van der Waals surface area (Å²) in [5, 5.41) is 19.6. The van der Waals surface area contributed by atoms with Crippen molar-refractivity contribution in [1.82, 2.24) is 0 Å². The lowest BCUT2D eigenvalue weighted by Gasteiger charge is -2.29. The zero-order valence-electron chi connectivity index (χ0n) is 12.0. The third kappa shape index (κ3) is 2.14. The maximum Gasteiger partial charge on any atom is 0.369 e. The van der Waals surface area contributed by atoms with E-state index in [1.54, 1.807) is 54.6 Å². The quantitative estimate of drug-likeness (QED) is 0.851. The molecule has 4 atom stereocenters. The van der Waals surface area contributed by atoms with E-state index in [2.05, 4.69) is 0 Å². The van der Waals surface area contributed by atoms with Crippen molar-refractivity contribution in [3.8, 4) is 0 Å². The molecule has 1 aliphatic heterocycles. The summed E-state index contributed by atoms with van der Waals surface area (Å²) in [6.07, 6.45) is -2.35. The van der Waals surface area contributed by atoms with Crippen molar-refractivity contribution in [3.05, 3.63) is 71.8 Å². The van der Waals surface area contributed by atoms with Crippen LogP contribution in [0.2, 0.25) is 0 Å². The molecule has 0 spiro atoms. The fraction of sp³-hybridized carbons (Fsp3) is 0.250. The maximum atomic E-state index is 13.0. The molecule has 0 amide bonds. The van der Waals surface area contributed by atoms with Gasteiger partial charge in [0.15, 0.2) is 0 Å². The van der Waals surface area contributed by atoms with Crippen molar-refractivity contribution in [2.45, 2.75) is 17.6 Å². The standard InChI is InChI=1S/C16H17O5P/c1-20-22(19)16(18,13-10-6-3-7-11-13)15(17)14(21-22)12-8-4-2-5-9-12/h2-11,14-15,17-18H,1H3/t14-,15-,16+,22?/m0/s1. The maximum absolute atomic E-state index is 13.0. The number of aliphatic hydroxyl groups excluding tert-OH is 1. The van der Waals surface area contributed by atoms with Crippen LogP contribution in [0.25, 0.3) is 0 Å². The molecule has 0 aromatic heterocycles. The van der Waals surface area contributed by atoms with E-state index in [-0.39, 0.29) is 0 Å². The normalized spacial score (nSPS) is 34.7. The van der Waals surface area contributed by atoms with Gasteiger partial charge in [0.1, 0.15) is 12.2 Å². The average molecular weight is 320 g/mol. The monoisotopic (exact) mass is 320 g/mol. The molecular weight excluding hydrogens is 303 g/mol. The third-order valence-electron chi connectivity index (χ3n) is 3.94. The van der Waals surface area contributed by atoms with Crippen molar-refractivity contribution in [2.75, 3.05) is 7.11 Å². The third-order valence-corrected chi connectivity index (χ3v) is 6.28. The van der Waals surface area contributed by atoms with Crippen LogP contribution in [0.4, 0.5) is 0 Å². The zero-order valence-corrected chi connectivity index (χ0v) is 12.9. The Morgan fingerprint density at radius 3 is 2.18 bits per heavy atom. The minimum absolute atomic E-state index is 0.297. The Kier molecular flexibility index (Phi) is 3.93. The van der Waals surface area contributed by atoms with Crippen molar-refractivity contribution in [2.24, 2.45) is 0 Å². The number of aliphatic hydroxyl groups is 2. The second-order valence-corrected chi connectivity index (χ2v) is 7.41. The molecule has 1 fully saturated rings. The van der Waals surface area contributed by atoms with E-state index in [9.17, 15) is 14.8 Å². The summed E-state index contributed by atoms with van der Waals surface area (Å²) in [5.74, 6) is 0. The van der Waals surface area contributed by atoms with Gasteiger partial charge in [-0.25, -0.2) is 0 Å². The van der Waals surface area contributed by atoms with Crippen LogP contribution in [0.1, 0.15) is 17.2 Å². The van der Waals surface area contributed by atoms with Gasteiger partial charge in [-0.05, 0) is 11.1 Å². The number of benzene rings is 2. The van der Waals surface area contributed by atoms with Gasteiger partial charge < -0.3 is 14.7 Å². The van der Waals surface area contributed by atoms with Gasteiger partial charge in [0, 0.05) is 7.11 Å². The molecule has 1 unspecified atom stereocenters. The van der Waals surface area contributed by atoms with Crippen molar-refractivity contribution >= 4 is 7.60 Å². The highest BCUT2D eigenvalue weighted by molar-refractivity contribution is 7.55. The minimum Gasteiger partial charge on any atom is -0.386 e. The Morgan fingerprint density at radius 2 is 1.64 bits per heavy atom. The lowest BCUT2D eigenvalue weighted by molar-refractivity contribution is -0.0385. The summed E-state index contributed by atoms with van der Waals surface area (Å²) < 4.78 is 23.5. The predicted molar refractivity (Wildman–Crippen MR) is 81.2 cm³/mol. The van der Waals surface area contributed by atoms with Crippen molar-refractivity contribution < 1.29 is 23.8 Å². The lowest BCUT2D eigenvalue weighted by Crippen LogP contribution is -2.37. The van der Waals surface area contributed by atoms with Crippen LogP contribution < -0.4 is 0 Å². The summed E-state index contributed by atoms with van der Waals surface area (Å²) >= 11 is 0. The zero-order chi connectivity index (χ0) is 15.8. The van der Waals surface area contributed by atoms with E-state index in [0.29, 0.717) is 11.1 Å². The van der Waals surface area contributed by atoms with Crippen LogP contribution in [-0.2, 0) is 19.0 Å². The van der Waals surface area contributed by atoms with Gasteiger partial charge in [-0.3, -0.25) is 9.09 Å². The average Bonchev–Trinajstić information content (AvgIpc) is 2.79. The Labute approximate surface area is 128 Å². The second kappa shape index (κ2) is 5.61. The molecule has 2 aromatic carbocycles. The first kappa shape index (κ1) is 15.4. The van der Waals surface area contributed by atoms with Crippen LogP contribution in [0.15, 0.2) is 60.7 Å². The van der Waals surface area contributed by atoms with E-state index in [0.717, 1.165) is 0 Å². The lowest BCUT2D eigenvalue weighted by atomic mass is 9.95. The molecule has 1 aliphatic rings. The Bertz CT molecular complexity index is 690. The van der Waals surface area contributed by atoms with Gasteiger partial charge in [-0.2, -0.15) is 0 Å². The molecule has 5 nitrogen and oxygen atoms in total. The summed E-state index contributed by atoms with van der Waals surface area (Å²) in [4.78, 5) is 0. The van der Waals surface area contributed by atoms with Gasteiger partial charge in [0.25, 0.3) is 0 Å². The van der Waals surface area contributed by atoms with Crippen LogP contribution in [0, 0.1) is 0 Å². The molecule has 1 saturated heterocycles. The summed E-state index contributed by atoms with van der Waals surface area (Å²) in [6, 6.07) is 17.2. The molecular formula is C16H17O5P. The van der Waals surface area contributed by atoms with Gasteiger partial charge in [-0.1, -0.05) is 60.7 Å². The minimum atomic E-state index is -3.97. The summed E-state index contributed by atoms with van der Waals surface area (Å²) in [6.45, 7) is 0. The van der Waals surface area contributed by atoms with Gasteiger partial charge in [0.05, 0.1) is 0 Å². The first-order chi connectivity index (χ1) is 10.5. The molecule has 0 saturated carbocycles. The Hall–Kier alpha value is -1.49. The molecule has 0 aliphatic carbocycles. The molecule has 116 valence electrons. The molecule has 3 rings (SSSR count). The number of hydrogen-bond donors (Lipinski definition) is 2. The molecule has 1 heterocycles. The fourth-order valence-corrected chi connectivity index (χ4v) is 4.73. The highest BCUT2D eigenvalue weighted by atomic mass is 31.2. The number of rotatable bonds is 3. The SMILES string of the molecule is COP1(=O)O[C@@H](c2ccccc2)[C@H](O)[C@@]1(O)c1ccccc1. The highest BCUT2D eigenvalue weighted by Gasteiger charge is 2.65. The molecule has 0 bridgehead atoms. The van der Waals surface area contributed by atoms with Crippen LogP contribution in [-0.4, -0.2) is 23.4 Å². The van der Waals surface area contributed by atoms with Gasteiger partial charge in [-0.15, -0.1) is 0 Å². The van der Waals surface area contributed by atoms with E-state index >= 15 is 0 Å². The summed E-state index contributed by atoms with van der Waals surface area (Å²) in [5.41, 5.74) is 0.922. The predicted octanol–water partition coefficient (Wildman–Crippen LogP) is 2.80. The topological polar surface area (TPSA) is 76.0 Å². The highest BCUT2D eigenvalue weighted by Crippen LogP contribution is 2.73. The van der Waals surface area contributed by atoms with Crippen LogP contribution in [0.5, 0.6) is 0 Å². The molecule has 6 heteroatoms. The smallest absolute Gasteiger partial charge is 0.369 e. The van der Waals surface area contributed by atoms with Crippen molar-refractivity contribution in [3.63, 3.8) is 0 Å². The summed E-state index contributed by atoms with van der Waals surface area (Å²) in [7, 11) is -2.76. The first-order valence-electron chi connectivity index (χ1n) is 6.88. The molecule has 22 heavy (non-hydrogen) atoms. The van der Waals surface area contributed by atoms with Crippen LogP contribution in [0.3, 0.4) is 0 Å². The van der Waals surface area contributed by atoms with Gasteiger partial charge >= 0.3 is 7.60 Å². The Morgan fingerprint density at radius 1 is 1.09 bits per heavy atom. The number of hydrogen-bond acceptors (Lipinski definition) is 5. The van der Waals surface area contributed by atoms with E-state index in [1.807, 2.05) is 6.07 Å². The Balaban J connectivity index is 2.11. The molecule has 0 radical (unpaired) electrons. The fourth-order valence-electron chi connectivity index (χ4n) is 2.74. The van der Waals surface area contributed by atoms with E-state index in [1.165, 1.54) is 7.11 Å².